The summed E-state index contributed by atoms with van der Waals surface area (Å²) in [6.07, 6.45) is 1.62. The third kappa shape index (κ3) is 4.07. The Hall–Kier alpha value is -3.39. The molecule has 7 nitrogen and oxygen atoms in total. The third-order valence-electron chi connectivity index (χ3n) is 4.09. The Bertz CT molecular complexity index is 1220. The lowest BCUT2D eigenvalue weighted by molar-refractivity contribution is 0.102. The summed E-state index contributed by atoms with van der Waals surface area (Å²) in [5, 5.41) is 5.79. The number of pyridine rings is 1. The number of thiazole rings is 1. The molecule has 0 atom stereocenters. The molecule has 29 heavy (non-hydrogen) atoms. The van der Waals surface area contributed by atoms with Crippen LogP contribution < -0.4 is 15.6 Å². The second kappa shape index (κ2) is 7.21. The van der Waals surface area contributed by atoms with Gasteiger partial charge in [-0.3, -0.25) is 19.5 Å². The quantitative estimate of drug-likeness (QED) is 0.529. The average Bonchev–Trinajstić information content (AvgIpc) is 3.31. The van der Waals surface area contributed by atoms with Gasteiger partial charge in [0.05, 0.1) is 5.69 Å². The van der Waals surface area contributed by atoms with Gasteiger partial charge in [-0.1, -0.05) is 0 Å². The van der Waals surface area contributed by atoms with Gasteiger partial charge >= 0.3 is 0 Å². The van der Waals surface area contributed by atoms with Crippen molar-refractivity contribution in [2.75, 3.05) is 5.32 Å². The number of hydrogen-bond acceptors (Lipinski definition) is 5. The molecule has 0 saturated heterocycles. The second-order valence-electron chi connectivity index (χ2n) is 7.49. The number of fused-ring (bicyclic) bond motifs is 1. The molecule has 0 fully saturated rings. The van der Waals surface area contributed by atoms with Crippen LogP contribution >= 0.6 is 11.3 Å². The third-order valence-corrected chi connectivity index (χ3v) is 4.78. The zero-order chi connectivity index (χ0) is 20.6. The Morgan fingerprint density at radius 1 is 1.17 bits per heavy atom. The van der Waals surface area contributed by atoms with Gasteiger partial charge in [-0.2, -0.15) is 0 Å². The molecule has 148 valence electrons. The minimum absolute atomic E-state index is 0.198. The minimum Gasteiger partial charge on any atom is -0.488 e. The van der Waals surface area contributed by atoms with Crippen LogP contribution in [0, 0.1) is 0 Å². The normalized spacial score (nSPS) is 11.6. The van der Waals surface area contributed by atoms with Gasteiger partial charge in [-0.25, -0.2) is 4.98 Å². The number of carbonyl (C=O) groups excluding carboxylic acids is 1. The maximum Gasteiger partial charge on any atom is 0.273 e. The molecule has 3 aromatic heterocycles. The number of aromatic nitrogens is 3. The minimum atomic E-state index is -0.316. The predicted octanol–water partition coefficient (Wildman–Crippen LogP) is 4.20. The van der Waals surface area contributed by atoms with Gasteiger partial charge in [0.2, 0.25) is 0 Å². The Morgan fingerprint density at radius 3 is 2.59 bits per heavy atom. The molecule has 0 radical (unpaired) electrons. The number of ether oxygens (including phenoxy) is 1. The molecule has 1 aromatic carbocycles. The van der Waals surface area contributed by atoms with Crippen LogP contribution in [0.2, 0.25) is 0 Å². The van der Waals surface area contributed by atoms with E-state index >= 15 is 0 Å². The molecule has 0 aliphatic heterocycles. The molecule has 4 aromatic rings. The maximum atomic E-state index is 12.6. The summed E-state index contributed by atoms with van der Waals surface area (Å²) in [6, 6.07) is 12.2. The van der Waals surface area contributed by atoms with Gasteiger partial charge in [-0.05, 0) is 57.2 Å². The van der Waals surface area contributed by atoms with Crippen LogP contribution in [-0.2, 0) is 0 Å². The molecule has 0 aliphatic carbocycles. The zero-order valence-corrected chi connectivity index (χ0v) is 17.0. The number of hydrogen-bond donors (Lipinski definition) is 2. The first-order valence-corrected chi connectivity index (χ1v) is 9.93. The van der Waals surface area contributed by atoms with E-state index in [4.69, 9.17) is 4.74 Å². The van der Waals surface area contributed by atoms with Crippen molar-refractivity contribution in [1.82, 2.24) is 14.5 Å². The van der Waals surface area contributed by atoms with E-state index < -0.39 is 0 Å². The first-order valence-electron chi connectivity index (χ1n) is 9.05. The fourth-order valence-corrected chi connectivity index (χ4v) is 3.49. The number of H-pyrrole nitrogens is 1. The summed E-state index contributed by atoms with van der Waals surface area (Å²) in [5.41, 5.74) is 1.07. The van der Waals surface area contributed by atoms with E-state index in [9.17, 15) is 9.59 Å². The average molecular weight is 408 g/mol. The van der Waals surface area contributed by atoms with Gasteiger partial charge in [0.25, 0.3) is 11.5 Å². The molecule has 0 spiro atoms. The van der Waals surface area contributed by atoms with E-state index in [1.807, 2.05) is 45.0 Å². The smallest absolute Gasteiger partial charge is 0.273 e. The largest absolute Gasteiger partial charge is 0.488 e. The first-order chi connectivity index (χ1) is 13.8. The van der Waals surface area contributed by atoms with Gasteiger partial charge < -0.3 is 9.72 Å². The van der Waals surface area contributed by atoms with Crippen molar-refractivity contribution in [2.45, 2.75) is 26.4 Å². The van der Waals surface area contributed by atoms with E-state index in [1.54, 1.807) is 23.7 Å². The molecule has 0 aliphatic rings. The van der Waals surface area contributed by atoms with E-state index in [1.165, 1.54) is 22.0 Å². The first kappa shape index (κ1) is 18.9. The van der Waals surface area contributed by atoms with Crippen LogP contribution in [0.4, 0.5) is 5.13 Å². The number of rotatable bonds is 4. The highest BCUT2D eigenvalue weighted by Crippen LogP contribution is 2.22. The van der Waals surface area contributed by atoms with Gasteiger partial charge in [-0.15, -0.1) is 11.3 Å². The second-order valence-corrected chi connectivity index (χ2v) is 8.39. The topological polar surface area (TPSA) is 89.0 Å². The number of aromatic amines is 1. The van der Waals surface area contributed by atoms with E-state index in [0.717, 1.165) is 11.1 Å². The molecule has 3 heterocycles. The van der Waals surface area contributed by atoms with Crippen LogP contribution in [-0.4, -0.2) is 26.0 Å². The maximum absolute atomic E-state index is 12.6. The van der Waals surface area contributed by atoms with Crippen LogP contribution in [0.15, 0.2) is 58.8 Å². The number of nitrogens with zero attached hydrogens (tertiary/aromatic N) is 2. The Kier molecular flexibility index (Phi) is 4.71. The van der Waals surface area contributed by atoms with Crippen LogP contribution in [0.3, 0.4) is 0 Å². The molecule has 8 heteroatoms. The van der Waals surface area contributed by atoms with Crippen LogP contribution in [0.1, 0.15) is 31.3 Å². The lowest BCUT2D eigenvalue weighted by atomic mass is 10.2. The van der Waals surface area contributed by atoms with E-state index in [-0.39, 0.29) is 17.1 Å². The van der Waals surface area contributed by atoms with Crippen molar-refractivity contribution in [3.8, 4) is 11.4 Å². The van der Waals surface area contributed by atoms with Crippen molar-refractivity contribution in [3.63, 3.8) is 0 Å². The molecule has 0 saturated carbocycles. The number of amides is 1. The zero-order valence-electron chi connectivity index (χ0n) is 16.2. The molecule has 0 bridgehead atoms. The lowest BCUT2D eigenvalue weighted by Crippen LogP contribution is -2.23. The number of carbonyl (C=O) groups is 1. The monoisotopic (exact) mass is 408 g/mol. The highest BCUT2D eigenvalue weighted by molar-refractivity contribution is 7.13. The van der Waals surface area contributed by atoms with Crippen molar-refractivity contribution in [1.29, 1.82) is 0 Å². The van der Waals surface area contributed by atoms with Crippen molar-refractivity contribution in [3.05, 3.63) is 70.1 Å². The number of anilines is 1. The van der Waals surface area contributed by atoms with E-state index in [0.29, 0.717) is 22.2 Å². The summed E-state index contributed by atoms with van der Waals surface area (Å²) < 4.78 is 7.38. The van der Waals surface area contributed by atoms with Crippen molar-refractivity contribution >= 4 is 33.4 Å². The molecular formula is C21H20N4O3S. The molecule has 0 unspecified atom stereocenters. The van der Waals surface area contributed by atoms with Gasteiger partial charge in [0.1, 0.15) is 22.7 Å². The summed E-state index contributed by atoms with van der Waals surface area (Å²) >= 11 is 1.34. The van der Waals surface area contributed by atoms with Gasteiger partial charge in [0, 0.05) is 23.0 Å². The fraction of sp³-hybridized carbons (Fsp3) is 0.190. The highest BCUT2D eigenvalue weighted by atomic mass is 32.1. The SMILES string of the molecule is CC(C)(C)Oc1ccc(-n2c(=O)ccc3cc(C(=O)Nc4nccs4)[nH]c32)cc1. The Morgan fingerprint density at radius 2 is 1.93 bits per heavy atom. The summed E-state index contributed by atoms with van der Waals surface area (Å²) in [7, 11) is 0. The Balaban J connectivity index is 1.71. The number of benzene rings is 1. The summed E-state index contributed by atoms with van der Waals surface area (Å²) in [6.45, 7) is 5.93. The van der Waals surface area contributed by atoms with Gasteiger partial charge in [0.15, 0.2) is 5.13 Å². The van der Waals surface area contributed by atoms with Crippen molar-refractivity contribution in [2.24, 2.45) is 0 Å². The highest BCUT2D eigenvalue weighted by Gasteiger charge is 2.15. The summed E-state index contributed by atoms with van der Waals surface area (Å²) in [5.74, 6) is 0.403. The number of nitrogens with one attached hydrogen (secondary N) is 2. The van der Waals surface area contributed by atoms with Crippen molar-refractivity contribution < 1.29 is 9.53 Å². The molecule has 1 amide bonds. The van der Waals surface area contributed by atoms with Crippen LogP contribution in [0.5, 0.6) is 5.75 Å². The molecule has 4 rings (SSSR count). The van der Waals surface area contributed by atoms with E-state index in [2.05, 4.69) is 15.3 Å². The standard InChI is InChI=1S/C21H20N4O3S/c1-21(2,3)28-15-7-5-14(6-8-15)25-17(26)9-4-13-12-16(23-18(13)25)19(27)24-20-22-10-11-29-20/h4-12,23H,1-3H3,(H,22,24,27). The van der Waals surface area contributed by atoms with Crippen LogP contribution in [0.25, 0.3) is 16.7 Å². The Labute approximate surface area is 171 Å². The molecular weight excluding hydrogens is 388 g/mol. The fourth-order valence-electron chi connectivity index (χ4n) is 2.96. The lowest BCUT2D eigenvalue weighted by Gasteiger charge is -2.21. The summed E-state index contributed by atoms with van der Waals surface area (Å²) in [4.78, 5) is 32.2. The molecule has 2 N–H and O–H groups in total. The predicted molar refractivity (Wildman–Crippen MR) is 114 cm³/mol.